The minimum atomic E-state index is 0.448. The summed E-state index contributed by atoms with van der Waals surface area (Å²) in [5.74, 6) is 1.93. The van der Waals surface area contributed by atoms with E-state index < -0.39 is 0 Å². The maximum atomic E-state index is 5.72. The molecule has 32 heavy (non-hydrogen) atoms. The molecular weight excluding hydrogens is 406 g/mol. The van der Waals surface area contributed by atoms with Gasteiger partial charge >= 0.3 is 0 Å². The van der Waals surface area contributed by atoms with E-state index in [9.17, 15) is 0 Å². The summed E-state index contributed by atoms with van der Waals surface area (Å²) < 4.78 is 18.2. The van der Waals surface area contributed by atoms with Crippen LogP contribution in [0.4, 0.5) is 11.5 Å². The highest BCUT2D eigenvalue weighted by Crippen LogP contribution is 2.32. The monoisotopic (exact) mass is 429 g/mol. The number of nitrogens with one attached hydrogen (secondary N) is 1. The highest BCUT2D eigenvalue weighted by Gasteiger charge is 2.14. The molecule has 0 atom stereocenters. The van der Waals surface area contributed by atoms with Gasteiger partial charge in [-0.05, 0) is 29.3 Å². The topological polar surface area (TPSA) is 82.3 Å². The van der Waals surface area contributed by atoms with Gasteiger partial charge in [-0.1, -0.05) is 12.1 Å². The summed E-state index contributed by atoms with van der Waals surface area (Å²) in [6.45, 7) is 1.66. The molecule has 2 aromatic heterocycles. The van der Waals surface area contributed by atoms with Gasteiger partial charge < -0.3 is 23.9 Å². The van der Waals surface area contributed by atoms with Gasteiger partial charge in [-0.3, -0.25) is 4.99 Å². The van der Waals surface area contributed by atoms with Gasteiger partial charge in [-0.15, -0.1) is 0 Å². The Morgan fingerprint density at radius 3 is 2.88 bits per heavy atom. The van der Waals surface area contributed by atoms with Crippen molar-refractivity contribution in [3.05, 3.63) is 66.1 Å². The number of fused-ring (bicyclic) bond motifs is 2. The number of ether oxygens (including phenoxy) is 3. The Morgan fingerprint density at radius 1 is 1.06 bits per heavy atom. The molecule has 0 saturated heterocycles. The lowest BCUT2D eigenvalue weighted by molar-refractivity contribution is 0.144. The van der Waals surface area contributed by atoms with E-state index in [4.69, 9.17) is 19.2 Å². The van der Waals surface area contributed by atoms with Gasteiger partial charge in [-0.25, -0.2) is 9.97 Å². The minimum Gasteiger partial charge on any atom is -0.493 e. The van der Waals surface area contributed by atoms with Crippen LogP contribution in [-0.4, -0.2) is 48.0 Å². The van der Waals surface area contributed by atoms with E-state index in [1.807, 2.05) is 41.2 Å². The van der Waals surface area contributed by atoms with Gasteiger partial charge in [0.25, 0.3) is 0 Å². The first-order valence-corrected chi connectivity index (χ1v) is 10.3. The molecule has 8 heteroatoms. The van der Waals surface area contributed by atoms with Crippen LogP contribution in [0.5, 0.6) is 11.5 Å². The molecule has 1 aliphatic heterocycles. The van der Waals surface area contributed by atoms with E-state index in [0.717, 1.165) is 28.2 Å². The molecule has 0 spiro atoms. The first-order chi connectivity index (χ1) is 15.7. The number of methoxy groups -OCH3 is 2. The smallest absolute Gasteiger partial charge is 0.180 e. The van der Waals surface area contributed by atoms with Gasteiger partial charge in [0, 0.05) is 49.2 Å². The summed E-state index contributed by atoms with van der Waals surface area (Å²) in [4.78, 5) is 13.7. The first-order valence-electron chi connectivity index (χ1n) is 10.3. The Bertz CT molecular complexity index is 1300. The van der Waals surface area contributed by atoms with E-state index in [2.05, 4.69) is 33.5 Å². The largest absolute Gasteiger partial charge is 0.493 e. The van der Waals surface area contributed by atoms with Crippen LogP contribution in [0.1, 0.15) is 11.1 Å². The fraction of sp³-hybridized carbons (Fsp3) is 0.208. The lowest BCUT2D eigenvalue weighted by Gasteiger charge is -2.14. The lowest BCUT2D eigenvalue weighted by Crippen LogP contribution is -2.05. The third-order valence-electron chi connectivity index (χ3n) is 5.28. The molecule has 0 fully saturated rings. The van der Waals surface area contributed by atoms with Crippen molar-refractivity contribution in [3.8, 4) is 22.8 Å². The maximum Gasteiger partial charge on any atom is 0.180 e. The second kappa shape index (κ2) is 8.68. The maximum absolute atomic E-state index is 5.72. The molecule has 0 aliphatic carbocycles. The Morgan fingerprint density at radius 2 is 2.00 bits per heavy atom. The number of aliphatic imine (C=N–C) groups is 1. The molecule has 0 bridgehead atoms. The average Bonchev–Trinajstić information content (AvgIpc) is 3.48. The number of hydrogen-bond acceptors (Lipinski definition) is 7. The second-order valence-electron chi connectivity index (χ2n) is 7.35. The van der Waals surface area contributed by atoms with Gasteiger partial charge in [0.15, 0.2) is 23.0 Å². The van der Waals surface area contributed by atoms with Crippen LogP contribution < -0.4 is 14.8 Å². The van der Waals surface area contributed by atoms with E-state index in [0.29, 0.717) is 37.1 Å². The molecule has 8 nitrogen and oxygen atoms in total. The van der Waals surface area contributed by atoms with Crippen LogP contribution in [0.15, 0.2) is 60.0 Å². The van der Waals surface area contributed by atoms with Gasteiger partial charge in [0.05, 0.1) is 26.0 Å². The van der Waals surface area contributed by atoms with Crippen LogP contribution in [-0.2, 0) is 11.3 Å². The molecule has 0 radical (unpaired) electrons. The summed E-state index contributed by atoms with van der Waals surface area (Å²) in [7, 11) is 3.26. The van der Waals surface area contributed by atoms with Crippen molar-refractivity contribution in [2.24, 2.45) is 4.99 Å². The second-order valence-corrected chi connectivity index (χ2v) is 7.35. The zero-order valence-corrected chi connectivity index (χ0v) is 17.9. The van der Waals surface area contributed by atoms with Crippen LogP contribution in [0.3, 0.4) is 0 Å². The Balaban J connectivity index is 1.47. The highest BCUT2D eigenvalue weighted by atomic mass is 16.5. The van der Waals surface area contributed by atoms with Crippen LogP contribution in [0.25, 0.3) is 16.9 Å². The number of hydrogen-bond donors (Lipinski definition) is 1. The zero-order chi connectivity index (χ0) is 21.9. The average molecular weight is 429 g/mol. The Hall–Kier alpha value is -3.91. The summed E-state index contributed by atoms with van der Waals surface area (Å²) >= 11 is 0. The van der Waals surface area contributed by atoms with Gasteiger partial charge in [0.1, 0.15) is 6.61 Å². The van der Waals surface area contributed by atoms with E-state index in [1.165, 1.54) is 5.56 Å². The molecule has 162 valence electrons. The zero-order valence-electron chi connectivity index (χ0n) is 17.9. The number of rotatable bonds is 8. The molecule has 0 unspecified atom stereocenters. The molecular formula is C24H23N5O3. The summed E-state index contributed by atoms with van der Waals surface area (Å²) in [5, 5.41) is 3.39. The van der Waals surface area contributed by atoms with Crippen molar-refractivity contribution in [1.82, 2.24) is 14.4 Å². The third kappa shape index (κ3) is 3.88. The Labute approximate surface area is 185 Å². The molecule has 1 aliphatic rings. The lowest BCUT2D eigenvalue weighted by atomic mass is 10.0. The summed E-state index contributed by atoms with van der Waals surface area (Å²) in [6, 6.07) is 12.0. The molecule has 0 amide bonds. The van der Waals surface area contributed by atoms with E-state index in [1.54, 1.807) is 20.4 Å². The number of benzene rings is 2. The summed E-state index contributed by atoms with van der Waals surface area (Å²) in [6.07, 6.45) is 7.57. The number of anilines is 2. The van der Waals surface area contributed by atoms with Crippen molar-refractivity contribution in [2.45, 2.75) is 6.54 Å². The molecule has 4 aromatic rings. The quantitative estimate of drug-likeness (QED) is 0.425. The predicted molar refractivity (Wildman–Crippen MR) is 123 cm³/mol. The van der Waals surface area contributed by atoms with Crippen molar-refractivity contribution >= 4 is 23.4 Å². The third-order valence-corrected chi connectivity index (χ3v) is 5.28. The van der Waals surface area contributed by atoms with Crippen molar-refractivity contribution in [1.29, 1.82) is 0 Å². The molecule has 5 rings (SSSR count). The number of nitrogens with zero attached hydrogens (tertiary/aromatic N) is 4. The first kappa shape index (κ1) is 20.0. The normalized spacial score (nSPS) is 12.2. The van der Waals surface area contributed by atoms with Crippen molar-refractivity contribution in [3.63, 3.8) is 0 Å². The fourth-order valence-electron chi connectivity index (χ4n) is 3.66. The highest BCUT2D eigenvalue weighted by molar-refractivity contribution is 5.86. The fourth-order valence-corrected chi connectivity index (χ4v) is 3.66. The molecule has 1 N–H and O–H groups in total. The standard InChI is InChI=1S/C24H23N5O3/c1-30-9-10-32-21-6-5-19(12-22(21)31-2)27-23-24-26-7-8-29(24)15-20(28-23)16-3-4-17-13-25-14-18(17)11-16/h3-8,11-13,15H,9-10,14H2,1-2H3,(H,27,28). The number of imidazole rings is 1. The van der Waals surface area contributed by atoms with Crippen molar-refractivity contribution in [2.75, 3.05) is 32.8 Å². The van der Waals surface area contributed by atoms with Gasteiger partial charge in [-0.2, -0.15) is 0 Å². The molecule has 2 aromatic carbocycles. The Kier molecular flexibility index (Phi) is 5.43. The molecule has 0 saturated carbocycles. The van der Waals surface area contributed by atoms with E-state index in [-0.39, 0.29) is 0 Å². The summed E-state index contributed by atoms with van der Waals surface area (Å²) in [5.41, 5.74) is 5.80. The SMILES string of the molecule is COCCOc1ccc(Nc2nc(-c3ccc4c(c3)CN=C4)cn3ccnc23)cc1OC. The van der Waals surface area contributed by atoms with Crippen LogP contribution in [0.2, 0.25) is 0 Å². The predicted octanol–water partition coefficient (Wildman–Crippen LogP) is 4.11. The minimum absolute atomic E-state index is 0.448. The van der Waals surface area contributed by atoms with E-state index >= 15 is 0 Å². The number of aromatic nitrogens is 3. The van der Waals surface area contributed by atoms with Gasteiger partial charge in [0.2, 0.25) is 0 Å². The molecule has 3 heterocycles. The van der Waals surface area contributed by atoms with Crippen molar-refractivity contribution < 1.29 is 14.2 Å². The van der Waals surface area contributed by atoms with Crippen LogP contribution >= 0.6 is 0 Å². The van der Waals surface area contributed by atoms with Crippen LogP contribution in [0, 0.1) is 0 Å².